The molecule has 184 valence electrons. The molecule has 0 aromatic carbocycles. The van der Waals surface area contributed by atoms with Crippen molar-refractivity contribution < 1.29 is 37.7 Å². The summed E-state index contributed by atoms with van der Waals surface area (Å²) in [5, 5.41) is 28.8. The van der Waals surface area contributed by atoms with Gasteiger partial charge in [0.05, 0.1) is 17.3 Å². The molecule has 1 saturated heterocycles. The molecule has 2 unspecified atom stereocenters. The van der Waals surface area contributed by atoms with Crippen LogP contribution in [0.5, 0.6) is 0 Å². The van der Waals surface area contributed by atoms with E-state index in [1.807, 2.05) is 0 Å². The van der Waals surface area contributed by atoms with Crippen LogP contribution in [-0.4, -0.2) is 83.8 Å². The number of nitrogens with zero attached hydrogens (tertiary/aromatic N) is 4. The van der Waals surface area contributed by atoms with Gasteiger partial charge in [0, 0.05) is 6.04 Å². The number of hydrogen-bond acceptors (Lipinski definition) is 10. The molecule has 33 heavy (non-hydrogen) atoms. The van der Waals surface area contributed by atoms with E-state index in [1.54, 1.807) is 0 Å². The fourth-order valence-corrected chi connectivity index (χ4v) is 7.77. The summed E-state index contributed by atoms with van der Waals surface area (Å²) in [5.74, 6) is 0.00682. The number of halogens is 1. The minimum absolute atomic E-state index is 0.0776. The molecule has 0 radical (unpaired) electrons. The molecule has 0 amide bonds. The van der Waals surface area contributed by atoms with Gasteiger partial charge in [0.2, 0.25) is 5.28 Å². The number of aromatic nitrogens is 4. The first kappa shape index (κ1) is 24.7. The van der Waals surface area contributed by atoms with Gasteiger partial charge < -0.3 is 30.1 Å². The van der Waals surface area contributed by atoms with Gasteiger partial charge in [-0.1, -0.05) is 13.3 Å². The first-order valence-corrected chi connectivity index (χ1v) is 14.3. The summed E-state index contributed by atoms with van der Waals surface area (Å²) in [6.07, 6.45) is -1.36. The number of sulfone groups is 1. The van der Waals surface area contributed by atoms with Crippen LogP contribution in [0.25, 0.3) is 11.0 Å². The number of aliphatic hydroxyl groups excluding tert-OH is 2. The number of ether oxygens (including phenoxy) is 1. The van der Waals surface area contributed by atoms with Crippen LogP contribution in [0.2, 0.25) is 5.28 Å². The van der Waals surface area contributed by atoms with Crippen LogP contribution in [0.1, 0.15) is 32.4 Å². The third-order valence-corrected chi connectivity index (χ3v) is 9.90. The average Bonchev–Trinajstić information content (AvgIpc) is 3.34. The van der Waals surface area contributed by atoms with Crippen molar-refractivity contribution in [2.45, 2.75) is 56.8 Å². The first-order valence-electron chi connectivity index (χ1n) is 10.3. The van der Waals surface area contributed by atoms with Gasteiger partial charge in [-0.05, 0) is 30.4 Å². The predicted octanol–water partition coefficient (Wildman–Crippen LogP) is 0.249. The molecular formula is C17H25ClN5O8PS. The second-order valence-corrected chi connectivity index (χ2v) is 13.1. The largest absolute Gasteiger partial charge is 0.387 e. The number of fused-ring (bicyclic) bond motifs is 1. The van der Waals surface area contributed by atoms with E-state index in [2.05, 4.69) is 27.3 Å². The highest BCUT2D eigenvalue weighted by molar-refractivity contribution is 7.97. The smallest absolute Gasteiger partial charge is 0.340 e. The Bertz CT molecular complexity index is 1190. The molecule has 2 aliphatic rings. The quantitative estimate of drug-likeness (QED) is 0.244. The third-order valence-electron chi connectivity index (χ3n) is 5.97. The molecule has 3 heterocycles. The van der Waals surface area contributed by atoms with Crippen LogP contribution in [0.3, 0.4) is 0 Å². The zero-order valence-electron chi connectivity index (χ0n) is 17.5. The van der Waals surface area contributed by atoms with E-state index in [1.165, 1.54) is 10.9 Å². The lowest BCUT2D eigenvalue weighted by atomic mass is 10.1. The molecule has 2 fully saturated rings. The minimum atomic E-state index is -4.85. The lowest BCUT2D eigenvalue weighted by Crippen LogP contribution is -2.36. The molecule has 2 aromatic rings. The fraction of sp³-hybridized carbons (Fsp3) is 0.706. The monoisotopic (exact) mass is 525 g/mol. The van der Waals surface area contributed by atoms with Crippen LogP contribution < -0.4 is 5.32 Å². The Morgan fingerprint density at radius 3 is 2.64 bits per heavy atom. The number of hydrogen-bond donors (Lipinski definition) is 5. The molecule has 16 heteroatoms. The van der Waals surface area contributed by atoms with E-state index in [0.29, 0.717) is 17.1 Å². The molecule has 6 atom stereocenters. The zero-order valence-corrected chi connectivity index (χ0v) is 20.0. The van der Waals surface area contributed by atoms with Gasteiger partial charge in [0.1, 0.15) is 24.1 Å². The highest BCUT2D eigenvalue weighted by atomic mass is 35.5. The first-order chi connectivity index (χ1) is 15.3. The molecule has 1 aliphatic heterocycles. The standard InChI is InChI=1S/C17H25ClN5O8PS/c1-8-3-2-4-10(8)20-14-9-5-19-23(15(9)22-17(18)21-14)16-13(25)12(24)11(31-16)6-33(29,30)7-32(26,27)28/h5,8,10-13,16,24-25H,2-4,6-7H2,1H3,(H,20,21,22)(H2,26,27,28)/t8?,10?,11-,12-,13-,16-/m1/s1. The van der Waals surface area contributed by atoms with Gasteiger partial charge in [0.15, 0.2) is 27.2 Å². The van der Waals surface area contributed by atoms with Crippen LogP contribution in [0.4, 0.5) is 5.82 Å². The van der Waals surface area contributed by atoms with Crippen molar-refractivity contribution in [2.75, 3.05) is 16.6 Å². The Morgan fingerprint density at radius 1 is 1.27 bits per heavy atom. The number of anilines is 1. The maximum absolute atomic E-state index is 12.1. The maximum Gasteiger partial charge on any atom is 0.340 e. The van der Waals surface area contributed by atoms with Gasteiger partial charge in [-0.15, -0.1) is 0 Å². The zero-order chi connectivity index (χ0) is 24.1. The fourth-order valence-electron chi connectivity index (χ4n) is 4.36. The van der Waals surface area contributed by atoms with E-state index in [9.17, 15) is 23.2 Å². The average molecular weight is 526 g/mol. The van der Waals surface area contributed by atoms with E-state index in [-0.39, 0.29) is 17.0 Å². The normalized spacial score (nSPS) is 30.8. The summed E-state index contributed by atoms with van der Waals surface area (Å²) in [6, 6.07) is 0.196. The van der Waals surface area contributed by atoms with E-state index < -0.39 is 53.2 Å². The van der Waals surface area contributed by atoms with Crippen molar-refractivity contribution in [2.24, 2.45) is 5.92 Å². The Hall–Kier alpha value is -1.38. The highest BCUT2D eigenvalue weighted by Crippen LogP contribution is 2.38. The summed E-state index contributed by atoms with van der Waals surface area (Å²) in [5.41, 5.74) is -1.19. The van der Waals surface area contributed by atoms with Gasteiger partial charge >= 0.3 is 7.60 Å². The van der Waals surface area contributed by atoms with E-state index in [4.69, 9.17) is 26.1 Å². The molecule has 4 rings (SSSR count). The predicted molar refractivity (Wildman–Crippen MR) is 117 cm³/mol. The Morgan fingerprint density at radius 2 is 2.00 bits per heavy atom. The third kappa shape index (κ3) is 5.33. The van der Waals surface area contributed by atoms with Crippen molar-refractivity contribution in [3.05, 3.63) is 11.5 Å². The summed E-state index contributed by atoms with van der Waals surface area (Å²) in [7, 11) is -9.14. The number of aliphatic hydroxyl groups is 2. The molecule has 0 spiro atoms. The Balaban J connectivity index is 1.60. The van der Waals surface area contributed by atoms with Crippen molar-refractivity contribution in [1.29, 1.82) is 0 Å². The minimum Gasteiger partial charge on any atom is -0.387 e. The summed E-state index contributed by atoms with van der Waals surface area (Å²) in [4.78, 5) is 26.4. The SMILES string of the molecule is CC1CCCC1Nc1nc(Cl)nc2c1cnn2[C@@H]1O[C@H](CS(=O)(=O)CP(=O)(O)O)[C@@H](O)[C@H]1O. The summed E-state index contributed by atoms with van der Waals surface area (Å²) in [6.45, 7) is 2.14. The molecule has 0 bridgehead atoms. The van der Waals surface area contributed by atoms with E-state index in [0.717, 1.165) is 19.3 Å². The molecule has 5 N–H and O–H groups in total. The maximum atomic E-state index is 12.1. The second kappa shape index (κ2) is 9.00. The van der Waals surface area contributed by atoms with Gasteiger partial charge in [0.25, 0.3) is 0 Å². The summed E-state index contributed by atoms with van der Waals surface area (Å²) < 4.78 is 42.0. The second-order valence-electron chi connectivity index (χ2n) is 8.58. The van der Waals surface area contributed by atoms with Crippen LogP contribution in [0.15, 0.2) is 6.20 Å². The molecular weight excluding hydrogens is 501 g/mol. The lowest BCUT2D eigenvalue weighted by molar-refractivity contribution is -0.0364. The number of rotatable bonds is 7. The molecule has 13 nitrogen and oxygen atoms in total. The summed E-state index contributed by atoms with van der Waals surface area (Å²) >= 11 is 6.11. The molecule has 1 saturated carbocycles. The van der Waals surface area contributed by atoms with Crippen molar-refractivity contribution in [1.82, 2.24) is 19.7 Å². The van der Waals surface area contributed by atoms with Crippen LogP contribution in [0, 0.1) is 5.92 Å². The van der Waals surface area contributed by atoms with Crippen molar-refractivity contribution in [3.63, 3.8) is 0 Å². The van der Waals surface area contributed by atoms with E-state index >= 15 is 0 Å². The number of nitrogens with one attached hydrogen (secondary N) is 1. The Kier molecular flexibility index (Phi) is 6.75. The van der Waals surface area contributed by atoms with Crippen molar-refractivity contribution in [3.8, 4) is 0 Å². The lowest BCUT2D eigenvalue weighted by Gasteiger charge is -2.19. The molecule has 1 aliphatic carbocycles. The Labute approximate surface area is 194 Å². The van der Waals surface area contributed by atoms with Gasteiger partial charge in [-0.2, -0.15) is 15.1 Å². The topological polar surface area (TPSA) is 197 Å². The van der Waals surface area contributed by atoms with Gasteiger partial charge in [-0.3, -0.25) is 4.57 Å². The highest BCUT2D eigenvalue weighted by Gasteiger charge is 2.47. The molecule has 2 aromatic heterocycles. The van der Waals surface area contributed by atoms with Crippen LogP contribution >= 0.6 is 19.2 Å². The van der Waals surface area contributed by atoms with Crippen molar-refractivity contribution >= 4 is 45.9 Å². The van der Waals surface area contributed by atoms with Gasteiger partial charge in [-0.25, -0.2) is 13.1 Å². The van der Waals surface area contributed by atoms with Crippen LogP contribution in [-0.2, 0) is 19.1 Å².